The maximum Gasteiger partial charge on any atom is 0.255 e. The van der Waals surface area contributed by atoms with Crippen LogP contribution >= 0.6 is 11.6 Å². The molecule has 0 unspecified atom stereocenters. The smallest absolute Gasteiger partial charge is 0.255 e. The lowest BCUT2D eigenvalue weighted by Gasteiger charge is -2.12. The molecular weight excluding hydrogens is 340 g/mol. The summed E-state index contributed by atoms with van der Waals surface area (Å²) in [7, 11) is 0. The van der Waals surface area contributed by atoms with Crippen molar-refractivity contribution >= 4 is 29.2 Å². The summed E-state index contributed by atoms with van der Waals surface area (Å²) in [6, 6.07) is 14.4. The summed E-state index contributed by atoms with van der Waals surface area (Å²) in [6.45, 7) is 2.03. The molecular formula is C19H17ClN2O3. The third-order valence-electron chi connectivity index (χ3n) is 3.23. The number of primary amides is 1. The number of hydrogen-bond acceptors (Lipinski definition) is 4. The second kappa shape index (κ2) is 8.76. The molecule has 2 aromatic rings. The van der Waals surface area contributed by atoms with Crippen molar-refractivity contribution in [3.63, 3.8) is 0 Å². The normalized spacial score (nSPS) is 10.8. The van der Waals surface area contributed by atoms with E-state index in [2.05, 4.69) is 6.07 Å². The van der Waals surface area contributed by atoms with Crippen LogP contribution in [0.4, 0.5) is 0 Å². The van der Waals surface area contributed by atoms with Crippen LogP contribution in [0.15, 0.2) is 42.5 Å². The minimum absolute atomic E-state index is 0.238. The molecule has 2 rings (SSSR count). The fourth-order valence-electron chi connectivity index (χ4n) is 2.17. The predicted octanol–water partition coefficient (Wildman–Crippen LogP) is 3.67. The predicted molar refractivity (Wildman–Crippen MR) is 97.2 cm³/mol. The van der Waals surface area contributed by atoms with E-state index < -0.39 is 5.91 Å². The van der Waals surface area contributed by atoms with Crippen molar-refractivity contribution in [1.29, 1.82) is 5.26 Å². The van der Waals surface area contributed by atoms with E-state index in [4.69, 9.17) is 26.8 Å². The second-order valence-corrected chi connectivity index (χ2v) is 5.45. The Morgan fingerprint density at radius 1 is 1.24 bits per heavy atom. The van der Waals surface area contributed by atoms with Crippen LogP contribution in [0, 0.1) is 11.3 Å². The fraction of sp³-hybridized carbons (Fsp3) is 0.158. The van der Waals surface area contributed by atoms with E-state index in [1.165, 1.54) is 0 Å². The fourth-order valence-corrected chi connectivity index (χ4v) is 2.40. The summed E-state index contributed by atoms with van der Waals surface area (Å²) >= 11 is 6.16. The molecule has 1 amide bonds. The number of ether oxygens (including phenoxy) is 2. The number of nitriles is 1. The zero-order valence-electron chi connectivity index (χ0n) is 13.7. The van der Waals surface area contributed by atoms with Gasteiger partial charge < -0.3 is 15.2 Å². The Hall–Kier alpha value is -2.97. The Morgan fingerprint density at radius 3 is 2.64 bits per heavy atom. The lowest BCUT2D eigenvalue weighted by Crippen LogP contribution is -2.20. The molecule has 0 heterocycles. The topological polar surface area (TPSA) is 85.3 Å². The van der Waals surface area contributed by atoms with Crippen molar-refractivity contribution in [3.05, 3.63) is 58.6 Å². The monoisotopic (exact) mass is 356 g/mol. The average molecular weight is 357 g/mol. The molecule has 6 heteroatoms. The van der Waals surface area contributed by atoms with Gasteiger partial charge in [-0.25, -0.2) is 0 Å². The number of hydrogen-bond donors (Lipinski definition) is 1. The number of rotatable bonds is 7. The van der Waals surface area contributed by atoms with Crippen molar-refractivity contribution in [1.82, 2.24) is 0 Å². The van der Waals surface area contributed by atoms with Gasteiger partial charge in [-0.05, 0) is 36.8 Å². The highest BCUT2D eigenvalue weighted by Gasteiger charge is 2.09. The Labute approximate surface area is 151 Å². The van der Waals surface area contributed by atoms with Gasteiger partial charge in [-0.15, -0.1) is 0 Å². The summed E-state index contributed by atoms with van der Waals surface area (Å²) in [4.78, 5) is 10.9. The SMILES string of the molecule is CCOc1cc(C=C(C#N)c2ccccc2Cl)ccc1OCC(N)=O. The molecule has 0 saturated carbocycles. The molecule has 0 saturated heterocycles. The minimum Gasteiger partial charge on any atom is -0.490 e. The Kier molecular flexibility index (Phi) is 6.44. The van der Waals surface area contributed by atoms with Gasteiger partial charge in [0.25, 0.3) is 5.91 Å². The molecule has 25 heavy (non-hydrogen) atoms. The number of carbonyl (C=O) groups excluding carboxylic acids is 1. The van der Waals surface area contributed by atoms with E-state index in [-0.39, 0.29) is 6.61 Å². The van der Waals surface area contributed by atoms with Crippen LogP contribution in [-0.2, 0) is 4.79 Å². The van der Waals surface area contributed by atoms with Gasteiger partial charge in [-0.3, -0.25) is 4.79 Å². The van der Waals surface area contributed by atoms with Crippen molar-refractivity contribution in [3.8, 4) is 17.6 Å². The first-order chi connectivity index (χ1) is 12.0. The van der Waals surface area contributed by atoms with E-state index in [1.807, 2.05) is 13.0 Å². The highest BCUT2D eigenvalue weighted by molar-refractivity contribution is 6.32. The standard InChI is InChI=1S/C19H17ClN2O3/c1-2-24-18-10-13(7-8-17(18)25-12-19(22)23)9-14(11-21)15-5-3-4-6-16(15)20/h3-10H,2,12H2,1H3,(H2,22,23). The van der Waals surface area contributed by atoms with E-state index in [1.54, 1.807) is 42.5 Å². The molecule has 0 fully saturated rings. The average Bonchev–Trinajstić information content (AvgIpc) is 2.60. The Bertz CT molecular complexity index is 841. The number of amides is 1. The van der Waals surface area contributed by atoms with Crippen LogP contribution in [0.25, 0.3) is 11.6 Å². The first-order valence-electron chi connectivity index (χ1n) is 7.59. The van der Waals surface area contributed by atoms with Crippen molar-refractivity contribution in [2.45, 2.75) is 6.92 Å². The van der Waals surface area contributed by atoms with Crippen LogP contribution in [0.2, 0.25) is 5.02 Å². The molecule has 0 bridgehead atoms. The number of nitrogens with two attached hydrogens (primary N) is 1. The molecule has 0 aliphatic rings. The molecule has 0 atom stereocenters. The van der Waals surface area contributed by atoms with Crippen LogP contribution in [0.3, 0.4) is 0 Å². The first-order valence-corrected chi connectivity index (χ1v) is 7.97. The molecule has 0 radical (unpaired) electrons. The van der Waals surface area contributed by atoms with Gasteiger partial charge in [0.2, 0.25) is 0 Å². The maximum absolute atomic E-state index is 10.9. The molecule has 128 valence electrons. The summed E-state index contributed by atoms with van der Waals surface area (Å²) < 4.78 is 10.9. The molecule has 0 aliphatic heterocycles. The quantitative estimate of drug-likeness (QED) is 0.606. The van der Waals surface area contributed by atoms with Gasteiger partial charge in [-0.2, -0.15) is 5.26 Å². The minimum atomic E-state index is -0.572. The van der Waals surface area contributed by atoms with Crippen molar-refractivity contribution in [2.24, 2.45) is 5.73 Å². The molecule has 0 aromatic heterocycles. The Balaban J connectivity index is 2.38. The number of nitrogens with zero attached hydrogens (tertiary/aromatic N) is 1. The number of carbonyl (C=O) groups is 1. The molecule has 0 spiro atoms. The zero-order valence-corrected chi connectivity index (χ0v) is 14.4. The summed E-state index contributed by atoms with van der Waals surface area (Å²) in [6.07, 6.45) is 1.71. The highest BCUT2D eigenvalue weighted by Crippen LogP contribution is 2.31. The largest absolute Gasteiger partial charge is 0.490 e. The first kappa shape index (κ1) is 18.4. The van der Waals surface area contributed by atoms with Gasteiger partial charge >= 0.3 is 0 Å². The number of halogens is 1. The van der Waals surface area contributed by atoms with Gasteiger partial charge in [-0.1, -0.05) is 35.9 Å². The van der Waals surface area contributed by atoms with E-state index in [0.717, 1.165) is 5.56 Å². The summed E-state index contributed by atoms with van der Waals surface area (Å²) in [5.74, 6) is 0.305. The van der Waals surface area contributed by atoms with Gasteiger partial charge in [0, 0.05) is 10.6 Å². The van der Waals surface area contributed by atoms with E-state index in [0.29, 0.717) is 34.3 Å². The van der Waals surface area contributed by atoms with Crippen LogP contribution in [0.5, 0.6) is 11.5 Å². The lowest BCUT2D eigenvalue weighted by atomic mass is 10.0. The van der Waals surface area contributed by atoms with Gasteiger partial charge in [0.05, 0.1) is 18.2 Å². The maximum atomic E-state index is 10.9. The van der Waals surface area contributed by atoms with Crippen LogP contribution in [0.1, 0.15) is 18.1 Å². The summed E-state index contributed by atoms with van der Waals surface area (Å²) in [5, 5.41) is 9.96. The molecule has 2 aromatic carbocycles. The number of benzene rings is 2. The van der Waals surface area contributed by atoms with Crippen LogP contribution in [-0.4, -0.2) is 19.1 Å². The lowest BCUT2D eigenvalue weighted by molar-refractivity contribution is -0.119. The third kappa shape index (κ3) is 5.00. The van der Waals surface area contributed by atoms with E-state index in [9.17, 15) is 10.1 Å². The summed E-state index contributed by atoms with van der Waals surface area (Å²) in [5.41, 5.74) is 6.92. The van der Waals surface area contributed by atoms with Gasteiger partial charge in [0.1, 0.15) is 0 Å². The van der Waals surface area contributed by atoms with Crippen molar-refractivity contribution < 1.29 is 14.3 Å². The second-order valence-electron chi connectivity index (χ2n) is 5.04. The number of allylic oxidation sites excluding steroid dienone is 1. The third-order valence-corrected chi connectivity index (χ3v) is 3.56. The van der Waals surface area contributed by atoms with Crippen molar-refractivity contribution in [2.75, 3.05) is 13.2 Å². The van der Waals surface area contributed by atoms with E-state index >= 15 is 0 Å². The molecule has 2 N–H and O–H groups in total. The zero-order chi connectivity index (χ0) is 18.2. The molecule has 5 nitrogen and oxygen atoms in total. The highest BCUT2D eigenvalue weighted by atomic mass is 35.5. The molecule has 0 aliphatic carbocycles. The Morgan fingerprint density at radius 2 is 2.00 bits per heavy atom. The van der Waals surface area contributed by atoms with Gasteiger partial charge in [0.15, 0.2) is 18.1 Å². The van der Waals surface area contributed by atoms with Crippen LogP contribution < -0.4 is 15.2 Å².